The van der Waals surface area contributed by atoms with Crippen LogP contribution in [0, 0.1) is 0 Å². The third-order valence-corrected chi connectivity index (χ3v) is 17.1. The van der Waals surface area contributed by atoms with Gasteiger partial charge in [0.15, 0.2) is 0 Å². The summed E-state index contributed by atoms with van der Waals surface area (Å²) in [5.74, 6) is -0.542. The molecule has 0 saturated carbocycles. The molecule has 0 bridgehead atoms. The van der Waals surface area contributed by atoms with Crippen molar-refractivity contribution in [3.8, 4) is 0 Å². The number of likely N-dealkylation sites (N-methyl/N-ethyl adjacent to an activating group) is 1. The predicted octanol–water partition coefficient (Wildman–Crippen LogP) is 22.5. The Labute approximate surface area is 527 Å². The fourth-order valence-electron chi connectivity index (χ4n) is 10.6. The molecule has 0 aliphatic carbocycles. The van der Waals surface area contributed by atoms with Gasteiger partial charge in [-0.1, -0.05) is 325 Å². The number of carbonyl (C=O) groups excluding carboxylic acids is 2. The minimum absolute atomic E-state index is 0.0247. The third-order valence-electron chi connectivity index (χ3n) is 16.2. The van der Waals surface area contributed by atoms with Crippen LogP contribution in [0.1, 0.15) is 342 Å². The molecule has 0 aromatic rings. The lowest BCUT2D eigenvalue weighted by Gasteiger charge is -2.30. The molecule has 0 heterocycles. The molecule has 0 aromatic carbocycles. The van der Waals surface area contributed by atoms with Crippen LogP contribution in [-0.2, 0) is 27.9 Å². The van der Waals surface area contributed by atoms with Crippen molar-refractivity contribution in [1.82, 2.24) is 5.32 Å². The van der Waals surface area contributed by atoms with E-state index in [-0.39, 0.29) is 24.9 Å². The Bertz CT molecular complexity index is 1680. The standard InChI is InChI=1S/C75H139N2O7P/c1-7-10-13-16-19-22-25-27-29-31-33-35-37-38-40-41-43-45-47-49-52-55-58-61-64-67-74(78)76-72(71-83-85(80,81)82-70-69-77(4,5)6)73(66-63-60-57-54-51-24-21-18-15-12-9-3)84-75(79)68-65-62-59-56-53-50-48-46-44-42-39-36-34-32-30-28-26-23-20-17-14-11-8-2/h11,14,20,23,28,30,34,36,42,44,63,66,72-73H,7-10,12-13,15-19,21-22,24-27,29,31-33,35,37-41,43,45-62,64-65,67-71H2,1-6H3,(H-,76,78,80,81)/b14-11-,23-20-,30-28-,36-34-,44-42-,66-63+. The van der Waals surface area contributed by atoms with Crippen molar-refractivity contribution in [2.75, 3.05) is 40.9 Å². The van der Waals surface area contributed by atoms with Crippen LogP contribution < -0.4 is 10.2 Å². The second-order valence-corrected chi connectivity index (χ2v) is 27.1. The Kier molecular flexibility index (Phi) is 62.5. The summed E-state index contributed by atoms with van der Waals surface area (Å²) < 4.78 is 30.4. The van der Waals surface area contributed by atoms with Gasteiger partial charge in [-0.3, -0.25) is 14.2 Å². The molecule has 0 radical (unpaired) electrons. The number of hydrogen-bond acceptors (Lipinski definition) is 7. The van der Waals surface area contributed by atoms with E-state index < -0.39 is 26.6 Å². The van der Waals surface area contributed by atoms with Gasteiger partial charge in [0, 0.05) is 12.8 Å². The summed E-state index contributed by atoms with van der Waals surface area (Å²) >= 11 is 0. The fraction of sp³-hybridized carbons (Fsp3) is 0.813. The van der Waals surface area contributed by atoms with Crippen LogP contribution in [0.3, 0.4) is 0 Å². The lowest BCUT2D eigenvalue weighted by molar-refractivity contribution is -0.870. The number of nitrogens with zero attached hydrogens (tertiary/aromatic N) is 1. The molecule has 10 heteroatoms. The van der Waals surface area contributed by atoms with Crippen molar-refractivity contribution >= 4 is 19.7 Å². The first-order valence-electron chi connectivity index (χ1n) is 36.2. The monoisotopic (exact) mass is 1210 g/mol. The van der Waals surface area contributed by atoms with E-state index in [2.05, 4.69) is 86.8 Å². The van der Waals surface area contributed by atoms with Gasteiger partial charge in [-0.25, -0.2) is 0 Å². The normalized spacial score (nSPS) is 13.9. The SMILES string of the molecule is CC/C=C\C/C=C\C/C=C\C/C=C\C/C=C\CCCCCCCCCC(=O)OC(/C=C/CCCCCCCCCCC)C(COP(=O)([O-])OCC[N+](C)(C)C)NC(=O)CCCCCCCCCCCCCCCCCCCCCCCCCCC. The van der Waals surface area contributed by atoms with Gasteiger partial charge in [0.2, 0.25) is 5.91 Å². The summed E-state index contributed by atoms with van der Waals surface area (Å²) in [6.07, 6.45) is 84.6. The second kappa shape index (κ2) is 64.4. The topological polar surface area (TPSA) is 114 Å². The highest BCUT2D eigenvalue weighted by molar-refractivity contribution is 7.45. The molecule has 85 heavy (non-hydrogen) atoms. The zero-order chi connectivity index (χ0) is 62.1. The molecular weight excluding hydrogens is 1070 g/mol. The van der Waals surface area contributed by atoms with Crippen LogP contribution in [0.5, 0.6) is 0 Å². The molecule has 1 amide bonds. The summed E-state index contributed by atoms with van der Waals surface area (Å²) in [5.41, 5.74) is 0. The van der Waals surface area contributed by atoms with E-state index in [1.54, 1.807) is 0 Å². The van der Waals surface area contributed by atoms with Gasteiger partial charge >= 0.3 is 5.97 Å². The zero-order valence-corrected chi connectivity index (χ0v) is 57.7. The Morgan fingerprint density at radius 1 is 0.424 bits per heavy atom. The number of rotatable bonds is 66. The zero-order valence-electron chi connectivity index (χ0n) is 56.8. The van der Waals surface area contributed by atoms with Gasteiger partial charge in [-0.05, 0) is 76.7 Å². The van der Waals surface area contributed by atoms with E-state index in [0.29, 0.717) is 17.4 Å². The molecule has 0 aliphatic rings. The number of allylic oxidation sites excluding steroid dienone is 11. The number of quaternary nitrogens is 1. The van der Waals surface area contributed by atoms with E-state index in [9.17, 15) is 19.0 Å². The molecule has 1 N–H and O–H groups in total. The Morgan fingerprint density at radius 2 is 0.753 bits per heavy atom. The summed E-state index contributed by atoms with van der Waals surface area (Å²) in [5, 5.41) is 3.04. The Morgan fingerprint density at radius 3 is 1.13 bits per heavy atom. The van der Waals surface area contributed by atoms with Crippen molar-refractivity contribution in [1.29, 1.82) is 0 Å². The van der Waals surface area contributed by atoms with E-state index >= 15 is 0 Å². The van der Waals surface area contributed by atoms with E-state index in [0.717, 1.165) is 103 Å². The van der Waals surface area contributed by atoms with E-state index in [4.69, 9.17) is 13.8 Å². The second-order valence-electron chi connectivity index (χ2n) is 25.7. The molecule has 0 saturated heterocycles. The Balaban J connectivity index is 5.00. The highest BCUT2D eigenvalue weighted by Gasteiger charge is 2.27. The first-order chi connectivity index (χ1) is 41.4. The average Bonchev–Trinajstić information content (AvgIpc) is 3.62. The molecule has 3 unspecified atom stereocenters. The van der Waals surface area contributed by atoms with Gasteiger partial charge < -0.3 is 28.5 Å². The maximum absolute atomic E-state index is 13.6. The predicted molar refractivity (Wildman–Crippen MR) is 367 cm³/mol. The minimum atomic E-state index is -4.71. The molecular formula is C75H139N2O7P. The van der Waals surface area contributed by atoms with Crippen molar-refractivity contribution in [3.05, 3.63) is 72.9 Å². The number of nitrogens with one attached hydrogen (secondary N) is 1. The first-order valence-corrected chi connectivity index (χ1v) is 37.7. The molecule has 3 atom stereocenters. The van der Waals surface area contributed by atoms with Crippen LogP contribution in [0.4, 0.5) is 0 Å². The highest BCUT2D eigenvalue weighted by Crippen LogP contribution is 2.38. The Hall–Kier alpha value is -2.55. The van der Waals surface area contributed by atoms with E-state index in [1.807, 2.05) is 33.3 Å². The van der Waals surface area contributed by atoms with Gasteiger partial charge in [-0.15, -0.1) is 0 Å². The number of amides is 1. The maximum Gasteiger partial charge on any atom is 0.306 e. The largest absolute Gasteiger partial charge is 0.756 e. The van der Waals surface area contributed by atoms with Crippen molar-refractivity contribution < 1.29 is 37.3 Å². The number of hydrogen-bond donors (Lipinski definition) is 1. The number of ether oxygens (including phenoxy) is 1. The summed E-state index contributed by atoms with van der Waals surface area (Å²) in [7, 11) is 1.18. The number of esters is 1. The lowest BCUT2D eigenvalue weighted by Crippen LogP contribution is -2.47. The van der Waals surface area contributed by atoms with Gasteiger partial charge in [-0.2, -0.15) is 0 Å². The molecule has 0 rings (SSSR count). The van der Waals surface area contributed by atoms with Gasteiger partial charge in [0.05, 0.1) is 33.8 Å². The summed E-state index contributed by atoms with van der Waals surface area (Å²) in [4.78, 5) is 40.2. The maximum atomic E-state index is 13.6. The first kappa shape index (κ1) is 82.5. The van der Waals surface area contributed by atoms with Crippen molar-refractivity contribution in [3.63, 3.8) is 0 Å². The minimum Gasteiger partial charge on any atom is -0.756 e. The van der Waals surface area contributed by atoms with E-state index in [1.165, 1.54) is 205 Å². The molecule has 0 spiro atoms. The number of phosphoric acid groups is 1. The molecule has 9 nitrogen and oxygen atoms in total. The van der Waals surface area contributed by atoms with Gasteiger partial charge in [0.25, 0.3) is 7.82 Å². The summed E-state index contributed by atoms with van der Waals surface area (Å²) in [6, 6.07) is -0.895. The molecule has 496 valence electrons. The smallest absolute Gasteiger partial charge is 0.306 e. The number of carbonyl (C=O) groups is 2. The van der Waals surface area contributed by atoms with Crippen molar-refractivity contribution in [2.24, 2.45) is 0 Å². The van der Waals surface area contributed by atoms with Crippen LogP contribution in [0.2, 0.25) is 0 Å². The van der Waals surface area contributed by atoms with Crippen LogP contribution in [-0.4, -0.2) is 69.4 Å². The van der Waals surface area contributed by atoms with Gasteiger partial charge in [0.1, 0.15) is 19.3 Å². The van der Waals surface area contributed by atoms with Crippen molar-refractivity contribution in [2.45, 2.75) is 354 Å². The average molecular weight is 1210 g/mol. The fourth-order valence-corrected chi connectivity index (χ4v) is 11.3. The highest BCUT2D eigenvalue weighted by atomic mass is 31.2. The van der Waals surface area contributed by atoms with Crippen LogP contribution in [0.15, 0.2) is 72.9 Å². The summed E-state index contributed by atoms with van der Waals surface area (Å²) in [6.45, 7) is 6.76. The van der Waals surface area contributed by atoms with Crippen LogP contribution in [0.25, 0.3) is 0 Å². The molecule has 0 aromatic heterocycles. The molecule has 0 aliphatic heterocycles. The number of phosphoric ester groups is 1. The third kappa shape index (κ3) is 65.7. The molecule has 0 fully saturated rings. The number of unbranched alkanes of at least 4 members (excludes halogenated alkanes) is 40. The lowest BCUT2D eigenvalue weighted by atomic mass is 10.0. The van der Waals surface area contributed by atoms with Crippen LogP contribution >= 0.6 is 7.82 Å². The quantitative estimate of drug-likeness (QED) is 0.0212.